The molecule has 0 aromatic heterocycles. The Labute approximate surface area is 124 Å². The molecule has 0 unspecified atom stereocenters. The summed E-state index contributed by atoms with van der Waals surface area (Å²) in [7, 11) is 0. The number of hydrogen-bond donors (Lipinski definition) is 0. The van der Waals surface area contributed by atoms with Crippen LogP contribution in [0.3, 0.4) is 0 Å². The average molecular weight is 320 g/mol. The van der Waals surface area contributed by atoms with Crippen LogP contribution < -0.4 is 0 Å². The Morgan fingerprint density at radius 3 is 2.06 bits per heavy atom. The van der Waals surface area contributed by atoms with Crippen molar-refractivity contribution in [3.8, 4) is 0 Å². The fourth-order valence-electron chi connectivity index (χ4n) is 1.06. The van der Waals surface area contributed by atoms with Crippen molar-refractivity contribution in [1.82, 2.24) is 0 Å². The number of ether oxygens (including phenoxy) is 1. The fraction of sp³-hybridized carbons (Fsp3) is 0.833. The quantitative estimate of drug-likeness (QED) is 0.384. The summed E-state index contributed by atoms with van der Waals surface area (Å²) in [5, 5.41) is 0. The monoisotopic (exact) mass is 318 g/mol. The van der Waals surface area contributed by atoms with E-state index < -0.39 is 0 Å². The van der Waals surface area contributed by atoms with Crippen molar-refractivity contribution in [2.75, 3.05) is 12.5 Å². The molecule has 0 aromatic carbocycles. The minimum atomic E-state index is -0.222. The van der Waals surface area contributed by atoms with E-state index in [2.05, 4.69) is 0 Å². The number of esters is 1. The van der Waals surface area contributed by atoms with Gasteiger partial charge in [0.25, 0.3) is 0 Å². The lowest BCUT2D eigenvalue weighted by Crippen LogP contribution is -2.04. The SMILES string of the molecule is CC(Cl)Cl.CCOC(=O)CCCCC(=O)CCCl. The average Bonchev–Trinajstić information content (AvgIpc) is 2.24. The number of rotatable bonds is 8. The van der Waals surface area contributed by atoms with Gasteiger partial charge in [0.15, 0.2) is 0 Å². The Balaban J connectivity index is 0. The van der Waals surface area contributed by atoms with E-state index in [-0.39, 0.29) is 16.6 Å². The zero-order valence-corrected chi connectivity index (χ0v) is 13.2. The highest BCUT2D eigenvalue weighted by Crippen LogP contribution is 2.04. The second-order valence-corrected chi connectivity index (χ2v) is 5.42. The summed E-state index contributed by atoms with van der Waals surface area (Å²) in [5.74, 6) is 0.373. The van der Waals surface area contributed by atoms with Crippen LogP contribution in [0.1, 0.15) is 46.0 Å². The normalized spacial score (nSPS) is 9.67. The van der Waals surface area contributed by atoms with Gasteiger partial charge in [0.05, 0.1) is 6.61 Å². The minimum Gasteiger partial charge on any atom is -0.466 e. The number of hydrogen-bond acceptors (Lipinski definition) is 3. The lowest BCUT2D eigenvalue weighted by Gasteiger charge is -2.01. The largest absolute Gasteiger partial charge is 0.466 e. The fourth-order valence-corrected chi connectivity index (χ4v) is 1.27. The number of unbranched alkanes of at least 4 members (excludes halogenated alkanes) is 1. The van der Waals surface area contributed by atoms with Crippen molar-refractivity contribution >= 4 is 46.6 Å². The molecule has 0 atom stereocenters. The highest BCUT2D eigenvalue weighted by atomic mass is 35.5. The van der Waals surface area contributed by atoms with Crippen molar-refractivity contribution in [2.24, 2.45) is 0 Å². The van der Waals surface area contributed by atoms with E-state index in [1.807, 2.05) is 0 Å². The first-order chi connectivity index (χ1) is 8.43. The Morgan fingerprint density at radius 2 is 1.61 bits per heavy atom. The Bertz CT molecular complexity index is 198. The number of carbonyl (C=O) groups excluding carboxylic acids is 2. The summed E-state index contributed by atoms with van der Waals surface area (Å²) in [4.78, 5) is 21.7. The van der Waals surface area contributed by atoms with Crippen molar-refractivity contribution in [1.29, 1.82) is 0 Å². The molecule has 0 spiro atoms. The van der Waals surface area contributed by atoms with Crippen molar-refractivity contribution in [2.45, 2.75) is 50.8 Å². The van der Waals surface area contributed by atoms with Gasteiger partial charge in [-0.15, -0.1) is 34.8 Å². The van der Waals surface area contributed by atoms with E-state index in [0.717, 1.165) is 6.42 Å². The third-order valence-corrected chi connectivity index (χ3v) is 1.95. The van der Waals surface area contributed by atoms with E-state index >= 15 is 0 Å². The maximum Gasteiger partial charge on any atom is 0.305 e. The molecule has 0 rings (SSSR count). The van der Waals surface area contributed by atoms with Crippen LogP contribution in [0.5, 0.6) is 0 Å². The molecule has 3 nitrogen and oxygen atoms in total. The van der Waals surface area contributed by atoms with Gasteiger partial charge >= 0.3 is 5.97 Å². The van der Waals surface area contributed by atoms with Gasteiger partial charge in [0, 0.05) is 25.1 Å². The van der Waals surface area contributed by atoms with Gasteiger partial charge < -0.3 is 4.74 Å². The molecule has 0 aromatic rings. The highest BCUT2D eigenvalue weighted by Gasteiger charge is 2.03. The van der Waals surface area contributed by atoms with Crippen LogP contribution in [0.15, 0.2) is 0 Å². The maximum atomic E-state index is 11.0. The summed E-state index contributed by atoms with van der Waals surface area (Å²) >= 11 is 15.5. The first-order valence-electron chi connectivity index (χ1n) is 5.95. The molecule has 6 heteroatoms. The standard InChI is InChI=1S/C10H17ClO3.C2H4Cl2/c1-2-14-10(13)6-4-3-5-9(12)7-8-11;1-2(3)4/h2-8H2,1H3;2H,1H3. The smallest absolute Gasteiger partial charge is 0.305 e. The van der Waals surface area contributed by atoms with E-state index in [4.69, 9.17) is 39.5 Å². The molecular weight excluding hydrogens is 298 g/mol. The van der Waals surface area contributed by atoms with Gasteiger partial charge in [0.2, 0.25) is 0 Å². The molecule has 0 saturated carbocycles. The molecule has 0 radical (unpaired) electrons. The second-order valence-electron chi connectivity index (χ2n) is 3.51. The molecular formula is C12H21Cl3O3. The zero-order chi connectivity index (χ0) is 14.4. The van der Waals surface area contributed by atoms with Gasteiger partial charge in [0.1, 0.15) is 10.6 Å². The second kappa shape index (κ2) is 15.1. The lowest BCUT2D eigenvalue weighted by atomic mass is 10.1. The number of carbonyl (C=O) groups is 2. The molecule has 0 aliphatic carbocycles. The van der Waals surface area contributed by atoms with Crippen molar-refractivity contribution in [3.63, 3.8) is 0 Å². The van der Waals surface area contributed by atoms with Gasteiger partial charge in [-0.3, -0.25) is 9.59 Å². The van der Waals surface area contributed by atoms with Crippen LogP contribution >= 0.6 is 34.8 Å². The maximum absolute atomic E-state index is 11.0. The van der Waals surface area contributed by atoms with Gasteiger partial charge in [-0.25, -0.2) is 0 Å². The molecule has 0 bridgehead atoms. The Hall–Kier alpha value is 0.01000. The minimum absolute atomic E-state index is 0.170. The van der Waals surface area contributed by atoms with E-state index in [9.17, 15) is 9.59 Å². The number of halogens is 3. The Kier molecular flexibility index (Phi) is 17.0. The summed E-state index contributed by atoms with van der Waals surface area (Å²) in [6.07, 6.45) is 2.82. The number of Topliss-reactive ketones (excluding diaryl/α,β-unsaturated/α-hetero) is 1. The third-order valence-electron chi connectivity index (χ3n) is 1.77. The molecule has 0 aliphatic heterocycles. The topological polar surface area (TPSA) is 43.4 Å². The van der Waals surface area contributed by atoms with Crippen LogP contribution in [0.4, 0.5) is 0 Å². The lowest BCUT2D eigenvalue weighted by molar-refractivity contribution is -0.143. The van der Waals surface area contributed by atoms with Gasteiger partial charge in [-0.05, 0) is 26.7 Å². The number of alkyl halides is 3. The summed E-state index contributed by atoms with van der Waals surface area (Å²) in [6, 6.07) is 0. The van der Waals surface area contributed by atoms with Crippen LogP contribution in [-0.2, 0) is 14.3 Å². The molecule has 0 amide bonds. The first kappa shape index (κ1) is 20.3. The van der Waals surface area contributed by atoms with Crippen LogP contribution in [0, 0.1) is 0 Å². The molecule has 18 heavy (non-hydrogen) atoms. The molecule has 108 valence electrons. The summed E-state index contributed by atoms with van der Waals surface area (Å²) in [6.45, 7) is 3.90. The van der Waals surface area contributed by atoms with Gasteiger partial charge in [-0.2, -0.15) is 0 Å². The molecule has 0 heterocycles. The van der Waals surface area contributed by atoms with Crippen LogP contribution in [0.25, 0.3) is 0 Å². The predicted molar refractivity (Wildman–Crippen MR) is 76.6 cm³/mol. The molecule has 0 aliphatic rings. The molecule has 0 saturated heterocycles. The number of ketones is 1. The highest BCUT2D eigenvalue weighted by molar-refractivity contribution is 6.43. The van der Waals surface area contributed by atoms with Crippen LogP contribution in [0.2, 0.25) is 0 Å². The summed E-state index contributed by atoms with van der Waals surface area (Å²) in [5.41, 5.74) is 0. The molecule has 0 fully saturated rings. The molecule has 0 N–H and O–H groups in total. The van der Waals surface area contributed by atoms with E-state index in [0.29, 0.717) is 38.2 Å². The zero-order valence-electron chi connectivity index (χ0n) is 10.9. The van der Waals surface area contributed by atoms with Crippen molar-refractivity contribution < 1.29 is 14.3 Å². The van der Waals surface area contributed by atoms with Gasteiger partial charge in [-0.1, -0.05) is 0 Å². The Morgan fingerprint density at radius 1 is 1.11 bits per heavy atom. The van der Waals surface area contributed by atoms with Crippen molar-refractivity contribution in [3.05, 3.63) is 0 Å². The van der Waals surface area contributed by atoms with E-state index in [1.54, 1.807) is 13.8 Å². The van der Waals surface area contributed by atoms with Crippen LogP contribution in [-0.4, -0.2) is 29.1 Å². The first-order valence-corrected chi connectivity index (χ1v) is 7.36. The summed E-state index contributed by atoms with van der Waals surface area (Å²) < 4.78 is 4.75. The van der Waals surface area contributed by atoms with E-state index in [1.165, 1.54) is 0 Å². The third kappa shape index (κ3) is 21.3. The predicted octanol–water partition coefficient (Wildman–Crippen LogP) is 4.12.